The predicted molar refractivity (Wildman–Crippen MR) is 234 cm³/mol. The van der Waals surface area contributed by atoms with E-state index in [1.165, 1.54) is 11.1 Å². The molecule has 3 rings (SSSR count). The lowest BCUT2D eigenvalue weighted by molar-refractivity contribution is -0.355. The van der Waals surface area contributed by atoms with Gasteiger partial charge in [-0.2, -0.15) is 0 Å². The molecule has 0 aromatic carbocycles. The number of nitrogens with one attached hydrogen (secondary N) is 2. The van der Waals surface area contributed by atoms with E-state index in [-0.39, 0.29) is 6.61 Å². The molecule has 0 aromatic heterocycles. The minimum absolute atomic E-state index is 0.245. The third-order valence-electron chi connectivity index (χ3n) is 11.0. The zero-order valence-electron chi connectivity index (χ0n) is 39.1. The van der Waals surface area contributed by atoms with Crippen LogP contribution in [0.4, 0.5) is 4.79 Å². The molecule has 4 amide bonds. The monoisotopic (exact) mass is 1010 g/mol. The molecule has 69 heavy (non-hydrogen) atoms. The molecule has 3 aliphatic heterocycles. The van der Waals surface area contributed by atoms with Crippen molar-refractivity contribution in [3.05, 3.63) is 34.9 Å². The van der Waals surface area contributed by atoms with Crippen molar-refractivity contribution in [2.24, 2.45) is 17.2 Å². The molecule has 3 aliphatic rings. The second-order valence-electron chi connectivity index (χ2n) is 16.9. The summed E-state index contributed by atoms with van der Waals surface area (Å²) in [5.41, 5.74) is 20.1. The van der Waals surface area contributed by atoms with Gasteiger partial charge >= 0.3 is 19.9 Å². The molecule has 17 atom stereocenters. The molecule has 0 aromatic rings. The maximum absolute atomic E-state index is 13.5. The Hall–Kier alpha value is -4.00. The van der Waals surface area contributed by atoms with Crippen LogP contribution < -0.4 is 27.8 Å². The third kappa shape index (κ3) is 18.0. The van der Waals surface area contributed by atoms with Crippen LogP contribution in [0.5, 0.6) is 0 Å². The van der Waals surface area contributed by atoms with Gasteiger partial charge in [-0.05, 0) is 53.4 Å². The van der Waals surface area contributed by atoms with Gasteiger partial charge in [0, 0.05) is 13.8 Å². The standard InChI is InChI=1S/C41H68N5O22P/c1-18(2)9-7-10-19(3)11-8-12-20(4)13-14-60-25(37(55)56)17-61-69(58,59)68-40-35(33(67-41(44)57)31(53)34(65-40)36(43)54)66-39-28(46-22(6)50)30(52)32(24(16-48)63-39)64-38-27(45-21(5)49)26(42)29(51)23(15-47)62-38/h9,11,13,23-35,38-40,47-48,51-53H,7-8,10,12,14-17,42H2,1-6H3,(H2,43,54)(H2,44,57)(H,45,49)(H,46,50)(H,55,56)(H,58,59)/b19-11+,20-13-/t23?,24?,25-,26-,27?,28?,29-,30-,31?,32-,33+,34?,35+,38+,39+,40?/m1/s1. The molecule has 27 nitrogen and oxygen atoms in total. The fraction of sp³-hybridized carbons (Fsp3) is 0.732. The number of phosphoric acid groups is 1. The quantitative estimate of drug-likeness (QED) is 0.0327. The van der Waals surface area contributed by atoms with Crippen LogP contribution >= 0.6 is 7.82 Å². The molecule has 3 heterocycles. The number of nitrogens with two attached hydrogens (primary N) is 3. The van der Waals surface area contributed by atoms with Crippen molar-refractivity contribution >= 4 is 37.6 Å². The third-order valence-corrected chi connectivity index (χ3v) is 11.9. The first-order valence-corrected chi connectivity index (χ1v) is 23.3. The number of primary amides is 2. The largest absolute Gasteiger partial charge is 0.479 e. The summed E-state index contributed by atoms with van der Waals surface area (Å²) in [6.45, 7) is 6.84. The summed E-state index contributed by atoms with van der Waals surface area (Å²) in [4.78, 5) is 72.2. The number of phosphoric ester groups is 1. The number of aliphatic carboxylic acids is 1. The van der Waals surface area contributed by atoms with Gasteiger partial charge in [-0.25, -0.2) is 14.2 Å². The smallest absolute Gasteiger partial charge is 0.474 e. The molecule has 0 bridgehead atoms. The summed E-state index contributed by atoms with van der Waals surface area (Å²) in [6.07, 6.45) is -17.9. The maximum atomic E-state index is 13.5. The van der Waals surface area contributed by atoms with Gasteiger partial charge in [0.15, 0.2) is 43.3 Å². The highest BCUT2D eigenvalue weighted by Crippen LogP contribution is 2.48. The Morgan fingerprint density at radius 2 is 1.28 bits per heavy atom. The summed E-state index contributed by atoms with van der Waals surface area (Å²) in [5, 5.41) is 68.4. The summed E-state index contributed by atoms with van der Waals surface area (Å²) in [7, 11) is -5.59. The van der Waals surface area contributed by atoms with Gasteiger partial charge in [0.1, 0.15) is 36.6 Å². The minimum Gasteiger partial charge on any atom is -0.479 e. The van der Waals surface area contributed by atoms with E-state index in [2.05, 4.69) is 22.8 Å². The van der Waals surface area contributed by atoms with Crippen LogP contribution in [0.25, 0.3) is 0 Å². The Labute approximate surface area is 397 Å². The lowest BCUT2D eigenvalue weighted by atomic mass is 9.93. The molecular weight excluding hydrogens is 945 g/mol. The Bertz CT molecular complexity index is 1890. The van der Waals surface area contributed by atoms with Crippen LogP contribution in [0.2, 0.25) is 0 Å². The molecular formula is C41H68N5O22P. The average Bonchev–Trinajstić information content (AvgIpc) is 3.24. The first-order chi connectivity index (χ1) is 32.3. The van der Waals surface area contributed by atoms with Gasteiger partial charge in [-0.15, -0.1) is 0 Å². The molecule has 0 aliphatic carbocycles. The number of rotatable bonds is 25. The lowest BCUT2D eigenvalue weighted by Gasteiger charge is -2.50. The number of aliphatic hydroxyl groups is 5. The molecule has 0 radical (unpaired) electrons. The number of hydrogen-bond donors (Lipinski definition) is 12. The molecule has 0 spiro atoms. The molecule has 8 unspecified atom stereocenters. The molecule has 3 fully saturated rings. The second-order valence-corrected chi connectivity index (χ2v) is 18.3. The summed E-state index contributed by atoms with van der Waals surface area (Å²) in [6, 6.07) is -4.47. The maximum Gasteiger partial charge on any atom is 0.474 e. The highest BCUT2D eigenvalue weighted by Gasteiger charge is 2.57. The van der Waals surface area contributed by atoms with Crippen LogP contribution in [0.15, 0.2) is 34.9 Å². The molecule has 28 heteroatoms. The van der Waals surface area contributed by atoms with Crippen molar-refractivity contribution in [3.8, 4) is 0 Å². The van der Waals surface area contributed by atoms with Gasteiger partial charge < -0.3 is 96.5 Å². The SMILES string of the molecule is CC(=O)NC1[C@H](O[C@@H]2C(CO)O[C@@H](O[C@@H]3C(OP(=O)(O)OC[C@@H](OC/C=C(/C)CC/C=C(\C)CCC=C(C)C)C(=O)O)OC(C(N)=O)C(O)[C@@H]3OC(N)=O)C(NC(C)=O)[C@H]2O)OC(CO)[C@@H](O)[C@@H]1N. The topological polar surface area (TPSA) is 429 Å². The van der Waals surface area contributed by atoms with Crippen LogP contribution in [0.1, 0.15) is 67.2 Å². The number of hydrogen-bond acceptors (Lipinski definition) is 21. The highest BCUT2D eigenvalue weighted by atomic mass is 31.2. The molecule has 394 valence electrons. The average molecular weight is 1010 g/mol. The Morgan fingerprint density at radius 3 is 1.83 bits per heavy atom. The fourth-order valence-electron chi connectivity index (χ4n) is 7.41. The number of amides is 4. The molecule has 3 saturated heterocycles. The van der Waals surface area contributed by atoms with Gasteiger partial charge in [0.25, 0.3) is 0 Å². The van der Waals surface area contributed by atoms with Crippen LogP contribution in [-0.2, 0) is 65.9 Å². The van der Waals surface area contributed by atoms with Gasteiger partial charge in [0.05, 0.1) is 44.6 Å². The Balaban J connectivity index is 1.89. The van der Waals surface area contributed by atoms with Crippen molar-refractivity contribution < 1.29 is 106 Å². The Morgan fingerprint density at radius 1 is 0.725 bits per heavy atom. The fourth-order valence-corrected chi connectivity index (χ4v) is 8.23. The normalized spacial score (nSPS) is 33.3. The van der Waals surface area contributed by atoms with Gasteiger partial charge in [0.2, 0.25) is 17.7 Å². The van der Waals surface area contributed by atoms with Crippen molar-refractivity contribution in [3.63, 3.8) is 0 Å². The number of aliphatic hydroxyl groups excluding tert-OH is 5. The summed E-state index contributed by atoms with van der Waals surface area (Å²) < 4.78 is 62.9. The number of ether oxygens (including phenoxy) is 7. The van der Waals surface area contributed by atoms with E-state index >= 15 is 0 Å². The van der Waals surface area contributed by atoms with Crippen LogP contribution in [-0.4, -0.2) is 190 Å². The van der Waals surface area contributed by atoms with E-state index in [9.17, 15) is 64.1 Å². The number of carbonyl (C=O) groups is 5. The molecule has 0 saturated carbocycles. The Kier molecular flexibility index (Phi) is 23.7. The van der Waals surface area contributed by atoms with E-state index < -0.39 is 155 Å². The van der Waals surface area contributed by atoms with E-state index in [1.54, 1.807) is 6.08 Å². The van der Waals surface area contributed by atoms with Gasteiger partial charge in [-0.3, -0.25) is 23.4 Å². The van der Waals surface area contributed by atoms with Crippen molar-refractivity contribution in [2.75, 3.05) is 26.4 Å². The summed E-state index contributed by atoms with van der Waals surface area (Å²) >= 11 is 0. The first-order valence-electron chi connectivity index (χ1n) is 21.8. The van der Waals surface area contributed by atoms with Crippen molar-refractivity contribution in [2.45, 2.75) is 165 Å². The number of allylic oxidation sites excluding steroid dienone is 5. The predicted octanol–water partition coefficient (Wildman–Crippen LogP) is -2.69. The van der Waals surface area contributed by atoms with E-state index in [1.807, 2.05) is 27.7 Å². The van der Waals surface area contributed by atoms with E-state index in [0.29, 0.717) is 6.42 Å². The minimum atomic E-state index is -5.59. The van der Waals surface area contributed by atoms with E-state index in [4.69, 9.17) is 59.4 Å². The zero-order valence-corrected chi connectivity index (χ0v) is 40.0. The number of carboxylic acids is 1. The zero-order chi connectivity index (χ0) is 51.9. The van der Waals surface area contributed by atoms with Crippen molar-refractivity contribution in [1.82, 2.24) is 10.6 Å². The first kappa shape index (κ1) is 59.3. The van der Waals surface area contributed by atoms with Crippen LogP contribution in [0, 0.1) is 0 Å². The second kappa shape index (κ2) is 27.6. The van der Waals surface area contributed by atoms with Crippen LogP contribution in [0.3, 0.4) is 0 Å². The number of carboxylic acid groups (broad SMARTS) is 1. The van der Waals surface area contributed by atoms with Crippen molar-refractivity contribution in [1.29, 1.82) is 0 Å². The summed E-state index contributed by atoms with van der Waals surface area (Å²) in [5.74, 6) is -4.56. The number of carbonyl (C=O) groups excluding carboxylic acids is 4. The lowest BCUT2D eigenvalue weighted by Crippen LogP contribution is -2.71. The van der Waals surface area contributed by atoms with Gasteiger partial charge in [-0.1, -0.05) is 34.9 Å². The molecule has 15 N–H and O–H groups in total. The van der Waals surface area contributed by atoms with E-state index in [0.717, 1.165) is 38.7 Å². The highest BCUT2D eigenvalue weighted by molar-refractivity contribution is 7.47.